The summed E-state index contributed by atoms with van der Waals surface area (Å²) >= 11 is 6.06. The molecule has 3 heterocycles. The number of pyridine rings is 1. The number of nitrogens with one attached hydrogen (secondary N) is 2. The molecule has 126 valence electrons. The largest absolute Gasteiger partial charge is 0.360 e. The van der Waals surface area contributed by atoms with E-state index in [0.29, 0.717) is 10.7 Å². The van der Waals surface area contributed by atoms with Gasteiger partial charge in [0.1, 0.15) is 5.69 Å². The zero-order valence-corrected chi connectivity index (χ0v) is 14.6. The molecule has 0 unspecified atom stereocenters. The van der Waals surface area contributed by atoms with Gasteiger partial charge in [0.15, 0.2) is 0 Å². The molecule has 0 aliphatic heterocycles. The highest BCUT2D eigenvalue weighted by atomic mass is 35.5. The van der Waals surface area contributed by atoms with Crippen molar-refractivity contribution in [2.45, 2.75) is 13.0 Å². The average molecular weight is 353 g/mol. The lowest BCUT2D eigenvalue weighted by atomic mass is 10.1. The van der Waals surface area contributed by atoms with Crippen molar-refractivity contribution in [3.63, 3.8) is 0 Å². The number of carbonyl (C=O) groups excluding carboxylic acids is 1. The fraction of sp³-hybridized carbons (Fsp3) is 0.158. The van der Waals surface area contributed by atoms with Crippen molar-refractivity contribution in [3.8, 4) is 0 Å². The predicted octanol–water partition coefficient (Wildman–Crippen LogP) is 4.20. The van der Waals surface area contributed by atoms with Gasteiger partial charge in [-0.1, -0.05) is 17.7 Å². The maximum Gasteiger partial charge on any atom is 0.268 e. The standard InChI is InChI=1S/C19H17ClN4O/c1-11(13-7-16-15(22-10-13)5-6-21-16)23-19(25)18-8-12-3-4-14(20)9-17(12)24(18)2/h3-11,21H,1-2H3,(H,23,25)/t11-/m0/s1. The van der Waals surface area contributed by atoms with E-state index in [4.69, 9.17) is 11.6 Å². The number of halogens is 1. The summed E-state index contributed by atoms with van der Waals surface area (Å²) in [6.07, 6.45) is 3.65. The Morgan fingerprint density at radius 3 is 2.96 bits per heavy atom. The number of amides is 1. The molecule has 0 fully saturated rings. The lowest BCUT2D eigenvalue weighted by Crippen LogP contribution is -2.28. The Bertz CT molecular complexity index is 1100. The zero-order valence-electron chi connectivity index (χ0n) is 13.9. The van der Waals surface area contributed by atoms with Crippen molar-refractivity contribution >= 4 is 39.4 Å². The van der Waals surface area contributed by atoms with Crippen molar-refractivity contribution in [3.05, 3.63) is 65.1 Å². The van der Waals surface area contributed by atoms with E-state index < -0.39 is 0 Å². The Hall–Kier alpha value is -2.79. The van der Waals surface area contributed by atoms with Crippen molar-refractivity contribution < 1.29 is 4.79 Å². The van der Waals surface area contributed by atoms with Gasteiger partial charge in [-0.25, -0.2) is 0 Å². The van der Waals surface area contributed by atoms with E-state index in [2.05, 4.69) is 15.3 Å². The van der Waals surface area contributed by atoms with Gasteiger partial charge >= 0.3 is 0 Å². The van der Waals surface area contributed by atoms with Crippen LogP contribution in [0.15, 0.2) is 48.8 Å². The maximum atomic E-state index is 12.7. The third kappa shape index (κ3) is 2.76. The molecular weight excluding hydrogens is 336 g/mol. The summed E-state index contributed by atoms with van der Waals surface area (Å²) in [6.45, 7) is 1.95. The summed E-state index contributed by atoms with van der Waals surface area (Å²) in [6, 6.07) is 11.2. The number of H-pyrrole nitrogens is 1. The molecule has 4 aromatic rings. The van der Waals surface area contributed by atoms with Crippen molar-refractivity contribution in [1.82, 2.24) is 19.9 Å². The number of nitrogens with zero attached hydrogens (tertiary/aromatic N) is 2. The smallest absolute Gasteiger partial charge is 0.268 e. The summed E-state index contributed by atoms with van der Waals surface area (Å²) in [7, 11) is 1.87. The van der Waals surface area contributed by atoms with Gasteiger partial charge in [-0.3, -0.25) is 9.78 Å². The summed E-state index contributed by atoms with van der Waals surface area (Å²) in [5, 5.41) is 4.68. The van der Waals surface area contributed by atoms with Crippen LogP contribution in [0.2, 0.25) is 5.02 Å². The number of fused-ring (bicyclic) bond motifs is 2. The molecule has 0 saturated carbocycles. The van der Waals surface area contributed by atoms with E-state index >= 15 is 0 Å². The van der Waals surface area contributed by atoms with Gasteiger partial charge in [0, 0.05) is 35.4 Å². The van der Waals surface area contributed by atoms with Crippen LogP contribution in [-0.4, -0.2) is 20.4 Å². The van der Waals surface area contributed by atoms with Gasteiger partial charge in [-0.15, -0.1) is 0 Å². The second-order valence-corrected chi connectivity index (χ2v) is 6.60. The molecule has 3 aromatic heterocycles. The van der Waals surface area contributed by atoms with Gasteiger partial charge in [0.25, 0.3) is 5.91 Å². The first-order valence-electron chi connectivity index (χ1n) is 8.02. The van der Waals surface area contributed by atoms with Crippen LogP contribution in [0.5, 0.6) is 0 Å². The Kier molecular flexibility index (Phi) is 3.73. The molecule has 25 heavy (non-hydrogen) atoms. The fourth-order valence-electron chi connectivity index (χ4n) is 3.06. The van der Waals surface area contributed by atoms with Crippen LogP contribution in [-0.2, 0) is 7.05 Å². The molecule has 1 atom stereocenters. The van der Waals surface area contributed by atoms with Crippen LogP contribution in [0.3, 0.4) is 0 Å². The highest BCUT2D eigenvalue weighted by Gasteiger charge is 2.17. The second-order valence-electron chi connectivity index (χ2n) is 6.17. The maximum absolute atomic E-state index is 12.7. The Labute approximate surface area is 149 Å². The average Bonchev–Trinajstić information content (AvgIpc) is 3.19. The van der Waals surface area contributed by atoms with Crippen molar-refractivity contribution in [2.24, 2.45) is 7.05 Å². The zero-order chi connectivity index (χ0) is 17.6. The SMILES string of the molecule is C[C@H](NC(=O)c1cc2ccc(Cl)cc2n1C)c1cnc2cc[nH]c2c1. The van der Waals surface area contributed by atoms with Gasteiger partial charge in [-0.2, -0.15) is 0 Å². The van der Waals surface area contributed by atoms with Crippen LogP contribution in [0.4, 0.5) is 0 Å². The number of hydrogen-bond acceptors (Lipinski definition) is 2. The van der Waals surface area contributed by atoms with E-state index in [0.717, 1.165) is 27.5 Å². The monoisotopic (exact) mass is 352 g/mol. The molecular formula is C19H17ClN4O. The molecule has 1 aromatic carbocycles. The second kappa shape index (κ2) is 5.93. The van der Waals surface area contributed by atoms with Crippen molar-refractivity contribution in [1.29, 1.82) is 0 Å². The molecule has 0 bridgehead atoms. The molecule has 0 aliphatic carbocycles. The van der Waals surface area contributed by atoms with E-state index in [-0.39, 0.29) is 11.9 Å². The number of hydrogen-bond donors (Lipinski definition) is 2. The van der Waals surface area contributed by atoms with Crippen LogP contribution in [0.25, 0.3) is 21.9 Å². The number of aromatic nitrogens is 3. The van der Waals surface area contributed by atoms with E-state index in [1.807, 2.05) is 61.1 Å². The highest BCUT2D eigenvalue weighted by Crippen LogP contribution is 2.23. The van der Waals surface area contributed by atoms with Crippen LogP contribution in [0, 0.1) is 0 Å². The normalized spacial score (nSPS) is 12.6. The van der Waals surface area contributed by atoms with Crippen molar-refractivity contribution in [2.75, 3.05) is 0 Å². The summed E-state index contributed by atoms with van der Waals surface area (Å²) in [4.78, 5) is 20.3. The van der Waals surface area contributed by atoms with Crippen LogP contribution < -0.4 is 5.32 Å². The molecule has 0 radical (unpaired) electrons. The molecule has 2 N–H and O–H groups in total. The van der Waals surface area contributed by atoms with Crippen LogP contribution in [0.1, 0.15) is 29.0 Å². The van der Waals surface area contributed by atoms with Gasteiger partial charge < -0.3 is 14.9 Å². The lowest BCUT2D eigenvalue weighted by molar-refractivity contribution is 0.0932. The summed E-state index contributed by atoms with van der Waals surface area (Å²) in [5.74, 6) is -0.131. The third-order valence-electron chi connectivity index (χ3n) is 4.51. The minimum Gasteiger partial charge on any atom is -0.360 e. The quantitative estimate of drug-likeness (QED) is 0.580. The summed E-state index contributed by atoms with van der Waals surface area (Å²) in [5.41, 5.74) is 4.34. The number of aryl methyl sites for hydroxylation is 1. The van der Waals surface area contributed by atoms with Gasteiger partial charge in [-0.05, 0) is 42.8 Å². The van der Waals surface area contributed by atoms with Gasteiger partial charge in [0.2, 0.25) is 0 Å². The third-order valence-corrected chi connectivity index (χ3v) is 4.74. The Morgan fingerprint density at radius 2 is 2.12 bits per heavy atom. The number of aromatic amines is 1. The Morgan fingerprint density at radius 1 is 1.28 bits per heavy atom. The van der Waals surface area contributed by atoms with E-state index in [1.165, 1.54) is 0 Å². The fourth-order valence-corrected chi connectivity index (χ4v) is 3.23. The first kappa shape index (κ1) is 15.7. The Balaban J connectivity index is 1.61. The summed E-state index contributed by atoms with van der Waals surface area (Å²) < 4.78 is 1.86. The molecule has 0 saturated heterocycles. The first-order valence-corrected chi connectivity index (χ1v) is 8.39. The number of carbonyl (C=O) groups is 1. The molecule has 5 nitrogen and oxygen atoms in total. The molecule has 1 amide bonds. The predicted molar refractivity (Wildman–Crippen MR) is 99.9 cm³/mol. The number of benzene rings is 1. The molecule has 6 heteroatoms. The topological polar surface area (TPSA) is 62.7 Å². The molecule has 4 rings (SSSR count). The minimum absolute atomic E-state index is 0.131. The lowest BCUT2D eigenvalue weighted by Gasteiger charge is -2.14. The minimum atomic E-state index is -0.158. The van der Waals surface area contributed by atoms with E-state index in [9.17, 15) is 4.79 Å². The molecule has 0 spiro atoms. The number of rotatable bonds is 3. The van der Waals surface area contributed by atoms with Crippen LogP contribution >= 0.6 is 11.6 Å². The first-order chi connectivity index (χ1) is 12.0. The van der Waals surface area contributed by atoms with Gasteiger partial charge in [0.05, 0.1) is 17.1 Å². The highest BCUT2D eigenvalue weighted by molar-refractivity contribution is 6.31. The molecule has 0 aliphatic rings. The van der Waals surface area contributed by atoms with E-state index in [1.54, 1.807) is 6.20 Å².